The Morgan fingerprint density at radius 1 is 1.13 bits per heavy atom. The quantitative estimate of drug-likeness (QED) is 0.711. The smallest absolute Gasteiger partial charge is 0.308 e. The lowest BCUT2D eigenvalue weighted by atomic mass is 9.83. The molecule has 1 aromatic rings. The monoisotopic (exact) mass is 340 g/mol. The molecule has 6 heteroatoms. The van der Waals surface area contributed by atoms with Crippen molar-refractivity contribution in [3.05, 3.63) is 35.9 Å². The van der Waals surface area contributed by atoms with E-state index in [0.717, 1.165) is 10.6 Å². The Morgan fingerprint density at radius 3 is 2.13 bits per heavy atom. The minimum atomic E-state index is -3.56. The van der Waals surface area contributed by atoms with E-state index >= 15 is 0 Å². The average Bonchev–Trinajstić information content (AvgIpc) is 2.70. The van der Waals surface area contributed by atoms with Crippen molar-refractivity contribution in [3.8, 4) is 0 Å². The first-order valence-corrected chi connectivity index (χ1v) is 9.69. The second kappa shape index (κ2) is 6.66. The van der Waals surface area contributed by atoms with Gasteiger partial charge < -0.3 is 9.05 Å². The van der Waals surface area contributed by atoms with Crippen molar-refractivity contribution in [3.63, 3.8) is 0 Å². The van der Waals surface area contributed by atoms with Crippen LogP contribution in [0.15, 0.2) is 30.3 Å². The zero-order valence-electron chi connectivity index (χ0n) is 14.6. The van der Waals surface area contributed by atoms with Crippen LogP contribution in [-0.4, -0.2) is 29.1 Å². The maximum Gasteiger partial charge on any atom is 0.352 e. The van der Waals surface area contributed by atoms with Crippen molar-refractivity contribution >= 4 is 7.60 Å². The predicted octanol–water partition coefficient (Wildman–Crippen LogP) is 4.58. The van der Waals surface area contributed by atoms with Crippen molar-refractivity contribution < 1.29 is 18.8 Å². The van der Waals surface area contributed by atoms with Crippen LogP contribution in [0, 0.1) is 0 Å². The van der Waals surface area contributed by atoms with E-state index in [-0.39, 0.29) is 19.1 Å². The molecule has 1 radical (unpaired) electrons. The summed E-state index contributed by atoms with van der Waals surface area (Å²) in [6.07, 6.45) is 0.435. The molecule has 1 fully saturated rings. The molecular weight excluding hydrogens is 313 g/mol. The molecule has 5 nitrogen and oxygen atoms in total. The number of hydrogen-bond acceptors (Lipinski definition) is 4. The fourth-order valence-electron chi connectivity index (χ4n) is 3.57. The van der Waals surface area contributed by atoms with Crippen molar-refractivity contribution in [2.24, 2.45) is 0 Å². The van der Waals surface area contributed by atoms with E-state index < -0.39 is 18.4 Å². The Bertz CT molecular complexity index is 567. The fraction of sp³-hybridized carbons (Fsp3) is 0.647. The topological polar surface area (TPSA) is 58.7 Å². The highest BCUT2D eigenvalue weighted by Gasteiger charge is 2.64. The molecule has 0 unspecified atom stereocenters. The van der Waals surface area contributed by atoms with Crippen LogP contribution in [0.4, 0.5) is 0 Å². The van der Waals surface area contributed by atoms with Crippen LogP contribution in [0.5, 0.6) is 0 Å². The molecule has 1 aliphatic rings. The van der Waals surface area contributed by atoms with Gasteiger partial charge in [-0.05, 0) is 46.6 Å². The Morgan fingerprint density at radius 2 is 1.65 bits per heavy atom. The van der Waals surface area contributed by atoms with Gasteiger partial charge in [0.25, 0.3) is 0 Å². The zero-order valence-corrected chi connectivity index (χ0v) is 15.5. The first kappa shape index (κ1) is 18.6. The first-order chi connectivity index (χ1) is 10.7. The summed E-state index contributed by atoms with van der Waals surface area (Å²) in [5.41, 5.74) is 0.376. The van der Waals surface area contributed by atoms with Gasteiger partial charge in [-0.3, -0.25) is 4.57 Å². The van der Waals surface area contributed by atoms with E-state index in [9.17, 15) is 9.77 Å². The Hall–Kier alpha value is -0.710. The van der Waals surface area contributed by atoms with Gasteiger partial charge in [-0.2, -0.15) is 0 Å². The molecule has 1 heterocycles. The fourth-order valence-corrected chi connectivity index (χ4v) is 5.77. The van der Waals surface area contributed by atoms with Gasteiger partial charge in [0.2, 0.25) is 0 Å². The van der Waals surface area contributed by atoms with Gasteiger partial charge in [-0.15, -0.1) is 10.3 Å². The van der Waals surface area contributed by atoms with Gasteiger partial charge in [-0.25, -0.2) is 0 Å². The van der Waals surface area contributed by atoms with Crippen LogP contribution < -0.4 is 0 Å². The largest absolute Gasteiger partial charge is 0.352 e. The van der Waals surface area contributed by atoms with Crippen LogP contribution >= 0.6 is 7.60 Å². The van der Waals surface area contributed by atoms with E-state index in [1.165, 1.54) is 0 Å². The molecule has 1 aromatic carbocycles. The SMILES string of the molecule is CCOP(=O)(OCC)[C@]1(C)C[C@H](c2ccccc2)C(C)(C)N1[O]. The summed E-state index contributed by atoms with van der Waals surface area (Å²) in [5, 5.41) is 12.9. The van der Waals surface area contributed by atoms with Gasteiger partial charge in [0.1, 0.15) is 5.28 Å². The van der Waals surface area contributed by atoms with Crippen LogP contribution in [0.3, 0.4) is 0 Å². The van der Waals surface area contributed by atoms with E-state index in [1.807, 2.05) is 44.2 Å². The Balaban J connectivity index is 2.46. The summed E-state index contributed by atoms with van der Waals surface area (Å²) in [4.78, 5) is 0. The second-order valence-corrected chi connectivity index (χ2v) is 9.14. The van der Waals surface area contributed by atoms with Gasteiger partial charge in [0, 0.05) is 5.92 Å². The third kappa shape index (κ3) is 3.01. The van der Waals surface area contributed by atoms with Crippen molar-refractivity contribution in [1.29, 1.82) is 0 Å². The maximum atomic E-state index is 13.3. The second-order valence-electron chi connectivity index (χ2n) is 6.67. The Kier molecular flexibility index (Phi) is 5.39. The molecular formula is C17H27NO4P. The predicted molar refractivity (Wildman–Crippen MR) is 89.7 cm³/mol. The normalized spacial score (nSPS) is 28.2. The minimum absolute atomic E-state index is 0.0413. The maximum absolute atomic E-state index is 13.3. The van der Waals surface area contributed by atoms with Gasteiger partial charge >= 0.3 is 7.60 Å². The Labute approximate surface area is 139 Å². The summed E-state index contributed by atoms with van der Waals surface area (Å²) >= 11 is 0. The molecule has 2 rings (SSSR count). The molecule has 0 N–H and O–H groups in total. The molecule has 1 saturated heterocycles. The van der Waals surface area contributed by atoms with Crippen molar-refractivity contribution in [1.82, 2.24) is 5.06 Å². The zero-order chi connectivity index (χ0) is 17.3. The first-order valence-electron chi connectivity index (χ1n) is 8.14. The highest BCUT2D eigenvalue weighted by Crippen LogP contribution is 2.69. The average molecular weight is 340 g/mol. The molecule has 0 saturated carbocycles. The number of hydrogen-bond donors (Lipinski definition) is 0. The van der Waals surface area contributed by atoms with Crippen LogP contribution in [0.1, 0.15) is 52.5 Å². The highest BCUT2D eigenvalue weighted by molar-refractivity contribution is 7.55. The summed E-state index contributed by atoms with van der Waals surface area (Å²) in [6, 6.07) is 9.89. The van der Waals surface area contributed by atoms with Crippen LogP contribution in [0.2, 0.25) is 0 Å². The lowest BCUT2D eigenvalue weighted by molar-refractivity contribution is -0.234. The molecule has 0 amide bonds. The summed E-state index contributed by atoms with van der Waals surface area (Å²) < 4.78 is 24.3. The number of nitrogens with zero attached hydrogens (tertiary/aromatic N) is 1. The molecule has 0 spiro atoms. The van der Waals surface area contributed by atoms with E-state index in [0.29, 0.717) is 6.42 Å². The van der Waals surface area contributed by atoms with Gasteiger partial charge in [-0.1, -0.05) is 30.3 Å². The van der Waals surface area contributed by atoms with E-state index in [1.54, 1.807) is 20.8 Å². The van der Waals surface area contributed by atoms with E-state index in [2.05, 4.69) is 0 Å². The summed E-state index contributed by atoms with van der Waals surface area (Å²) in [6.45, 7) is 9.51. The lowest BCUT2D eigenvalue weighted by Gasteiger charge is -2.38. The molecule has 0 bridgehead atoms. The van der Waals surface area contributed by atoms with Crippen LogP contribution in [-0.2, 0) is 18.8 Å². The summed E-state index contributed by atoms with van der Waals surface area (Å²) in [7, 11) is -3.56. The minimum Gasteiger partial charge on any atom is -0.308 e. The standard InChI is InChI=1S/C17H27NO4P/c1-6-21-23(20,22-7-2)17(5)13-15(16(3,4)18(17)19)14-11-9-8-10-12-14/h8-12,15H,6-7,13H2,1-5H3/t15-,17-/m1/s1. The van der Waals surface area contributed by atoms with Crippen LogP contribution in [0.25, 0.3) is 0 Å². The molecule has 2 atom stereocenters. The molecule has 1 aliphatic heterocycles. The van der Waals surface area contributed by atoms with E-state index in [4.69, 9.17) is 9.05 Å². The van der Waals surface area contributed by atoms with Gasteiger partial charge in [0.15, 0.2) is 0 Å². The molecule has 23 heavy (non-hydrogen) atoms. The number of benzene rings is 1. The number of rotatable bonds is 6. The number of hydroxylamine groups is 2. The van der Waals surface area contributed by atoms with Gasteiger partial charge in [0.05, 0.1) is 18.8 Å². The molecule has 0 aromatic heterocycles. The molecule has 0 aliphatic carbocycles. The highest BCUT2D eigenvalue weighted by atomic mass is 31.2. The summed E-state index contributed by atoms with van der Waals surface area (Å²) in [5.74, 6) is -0.0413. The third-order valence-corrected chi connectivity index (χ3v) is 7.54. The third-order valence-electron chi connectivity index (χ3n) is 4.79. The van der Waals surface area contributed by atoms with Crippen molar-refractivity contribution in [2.75, 3.05) is 13.2 Å². The lowest BCUT2D eigenvalue weighted by Crippen LogP contribution is -2.47. The molecule has 129 valence electrons. The van der Waals surface area contributed by atoms with Crippen molar-refractivity contribution in [2.45, 2.75) is 57.8 Å².